The molecule has 2 aromatic heterocycles. The highest BCUT2D eigenvalue weighted by Gasteiger charge is 2.26. The fourth-order valence-corrected chi connectivity index (χ4v) is 4.45. The Morgan fingerprint density at radius 2 is 1.87 bits per heavy atom. The van der Waals surface area contributed by atoms with E-state index in [1.165, 1.54) is 11.8 Å². The third kappa shape index (κ3) is 4.88. The molecule has 2 atom stereocenters. The van der Waals surface area contributed by atoms with E-state index in [1.807, 2.05) is 49.1 Å². The van der Waals surface area contributed by atoms with E-state index in [2.05, 4.69) is 31.9 Å². The number of thioether (sulfide) groups is 1. The number of benzene rings is 1. The van der Waals surface area contributed by atoms with Gasteiger partial charge in [0.1, 0.15) is 0 Å². The van der Waals surface area contributed by atoms with E-state index in [-0.39, 0.29) is 18.1 Å². The largest absolute Gasteiger partial charge is 0.372 e. The van der Waals surface area contributed by atoms with Crippen molar-refractivity contribution >= 4 is 17.7 Å². The number of ether oxygens (including phenoxy) is 1. The van der Waals surface area contributed by atoms with E-state index in [0.29, 0.717) is 25.4 Å². The molecular weight excluding hydrogens is 398 g/mol. The molecule has 30 heavy (non-hydrogen) atoms. The van der Waals surface area contributed by atoms with Crippen LogP contribution in [0.3, 0.4) is 0 Å². The second kappa shape index (κ2) is 9.40. The number of morpholine rings is 1. The van der Waals surface area contributed by atoms with E-state index in [9.17, 15) is 4.79 Å². The van der Waals surface area contributed by atoms with Gasteiger partial charge < -0.3 is 9.64 Å². The van der Waals surface area contributed by atoms with Gasteiger partial charge in [-0.05, 0) is 31.5 Å². The van der Waals surface area contributed by atoms with Crippen molar-refractivity contribution in [3.8, 4) is 11.4 Å². The minimum atomic E-state index is 0.0571. The number of aromatic nitrogens is 4. The van der Waals surface area contributed by atoms with Crippen molar-refractivity contribution in [2.45, 2.75) is 37.8 Å². The molecule has 4 rings (SSSR count). The average Bonchev–Trinajstić information content (AvgIpc) is 3.15. The lowest BCUT2D eigenvalue weighted by Gasteiger charge is -2.35. The minimum absolute atomic E-state index is 0.0571. The van der Waals surface area contributed by atoms with Gasteiger partial charge in [0.25, 0.3) is 0 Å². The van der Waals surface area contributed by atoms with Crippen molar-refractivity contribution in [3.63, 3.8) is 0 Å². The maximum atomic E-state index is 12.8. The Balaban J connectivity index is 1.54. The van der Waals surface area contributed by atoms with Gasteiger partial charge in [-0.2, -0.15) is 0 Å². The van der Waals surface area contributed by atoms with Gasteiger partial charge in [0.05, 0.1) is 24.5 Å². The fraction of sp³-hybridized carbons (Fsp3) is 0.364. The van der Waals surface area contributed by atoms with Gasteiger partial charge in [-0.15, -0.1) is 10.2 Å². The van der Waals surface area contributed by atoms with Crippen molar-refractivity contribution in [3.05, 3.63) is 60.4 Å². The molecule has 1 aliphatic heterocycles. The molecule has 3 aromatic rings. The Morgan fingerprint density at radius 1 is 1.10 bits per heavy atom. The number of hydrogen-bond acceptors (Lipinski definition) is 6. The quantitative estimate of drug-likeness (QED) is 0.567. The van der Waals surface area contributed by atoms with Crippen LogP contribution in [-0.2, 0) is 16.1 Å². The highest BCUT2D eigenvalue weighted by atomic mass is 32.2. The Kier molecular flexibility index (Phi) is 6.44. The van der Waals surface area contributed by atoms with Gasteiger partial charge in [0.15, 0.2) is 11.0 Å². The van der Waals surface area contributed by atoms with Crippen molar-refractivity contribution in [2.24, 2.45) is 0 Å². The van der Waals surface area contributed by atoms with Crippen molar-refractivity contribution in [1.29, 1.82) is 0 Å². The zero-order valence-electron chi connectivity index (χ0n) is 17.1. The lowest BCUT2D eigenvalue weighted by molar-refractivity contribution is -0.140. The molecule has 1 saturated heterocycles. The first-order chi connectivity index (χ1) is 14.6. The van der Waals surface area contributed by atoms with Crippen LogP contribution in [0.15, 0.2) is 60.0 Å². The SMILES string of the molecule is C[C@@H]1CN(C(=O)CSc2nnc(-c3cccnc3)n2Cc2ccccc2)C[C@@H](C)O1. The molecular formula is C22H25N5O2S. The third-order valence-corrected chi connectivity index (χ3v) is 5.87. The molecule has 156 valence electrons. The molecule has 0 saturated carbocycles. The third-order valence-electron chi connectivity index (χ3n) is 4.92. The van der Waals surface area contributed by atoms with E-state index in [1.54, 1.807) is 12.4 Å². The van der Waals surface area contributed by atoms with Crippen LogP contribution in [0.1, 0.15) is 19.4 Å². The van der Waals surface area contributed by atoms with Gasteiger partial charge in [0.2, 0.25) is 5.91 Å². The summed E-state index contributed by atoms with van der Waals surface area (Å²) in [4.78, 5) is 18.9. The summed E-state index contributed by atoms with van der Waals surface area (Å²) in [5.41, 5.74) is 2.04. The summed E-state index contributed by atoms with van der Waals surface area (Å²) in [5.74, 6) is 1.16. The molecule has 1 amide bonds. The summed E-state index contributed by atoms with van der Waals surface area (Å²) in [6.07, 6.45) is 3.63. The molecule has 0 radical (unpaired) electrons. The Morgan fingerprint density at radius 3 is 2.57 bits per heavy atom. The molecule has 1 aromatic carbocycles. The zero-order valence-corrected chi connectivity index (χ0v) is 18.0. The summed E-state index contributed by atoms with van der Waals surface area (Å²) in [6.45, 7) is 5.88. The van der Waals surface area contributed by atoms with E-state index in [4.69, 9.17) is 4.74 Å². The van der Waals surface area contributed by atoms with Gasteiger partial charge in [-0.3, -0.25) is 14.3 Å². The number of carbonyl (C=O) groups excluding carboxylic acids is 1. The first kappa shape index (κ1) is 20.6. The summed E-state index contributed by atoms with van der Waals surface area (Å²) < 4.78 is 7.78. The molecule has 8 heteroatoms. The van der Waals surface area contributed by atoms with Crippen LogP contribution in [0, 0.1) is 0 Å². The van der Waals surface area contributed by atoms with Crippen LogP contribution in [0.4, 0.5) is 0 Å². The number of carbonyl (C=O) groups is 1. The van der Waals surface area contributed by atoms with Crippen LogP contribution in [0.2, 0.25) is 0 Å². The summed E-state index contributed by atoms with van der Waals surface area (Å²) >= 11 is 1.42. The second-order valence-electron chi connectivity index (χ2n) is 7.46. The zero-order chi connectivity index (χ0) is 20.9. The van der Waals surface area contributed by atoms with Crippen molar-refractivity contribution in [2.75, 3.05) is 18.8 Å². The summed E-state index contributed by atoms with van der Waals surface area (Å²) in [7, 11) is 0. The highest BCUT2D eigenvalue weighted by molar-refractivity contribution is 7.99. The predicted octanol–water partition coefficient (Wildman–Crippen LogP) is 3.12. The predicted molar refractivity (Wildman–Crippen MR) is 116 cm³/mol. The molecule has 0 bridgehead atoms. The molecule has 7 nitrogen and oxygen atoms in total. The van der Waals surface area contributed by atoms with Gasteiger partial charge in [0, 0.05) is 31.0 Å². The summed E-state index contributed by atoms with van der Waals surface area (Å²) in [6, 6.07) is 14.0. The van der Waals surface area contributed by atoms with Gasteiger partial charge in [-0.1, -0.05) is 42.1 Å². The van der Waals surface area contributed by atoms with Crippen LogP contribution in [0.5, 0.6) is 0 Å². The molecule has 0 N–H and O–H groups in total. The number of amides is 1. The molecule has 3 heterocycles. The highest BCUT2D eigenvalue weighted by Crippen LogP contribution is 2.25. The molecule has 1 fully saturated rings. The Hall–Kier alpha value is -2.71. The van der Waals surface area contributed by atoms with E-state index >= 15 is 0 Å². The molecule has 0 aliphatic carbocycles. The maximum Gasteiger partial charge on any atom is 0.233 e. The summed E-state index contributed by atoms with van der Waals surface area (Å²) in [5, 5.41) is 9.52. The normalized spacial score (nSPS) is 19.1. The van der Waals surface area contributed by atoms with Crippen molar-refractivity contribution in [1.82, 2.24) is 24.6 Å². The number of hydrogen-bond donors (Lipinski definition) is 0. The lowest BCUT2D eigenvalue weighted by Crippen LogP contribution is -2.48. The van der Waals surface area contributed by atoms with Crippen LogP contribution in [0.25, 0.3) is 11.4 Å². The lowest BCUT2D eigenvalue weighted by atomic mass is 10.2. The smallest absolute Gasteiger partial charge is 0.233 e. The molecule has 0 unspecified atom stereocenters. The van der Waals surface area contributed by atoms with Crippen LogP contribution < -0.4 is 0 Å². The Labute approximate surface area is 180 Å². The molecule has 1 aliphatic rings. The maximum absolute atomic E-state index is 12.8. The van der Waals surface area contributed by atoms with Crippen molar-refractivity contribution < 1.29 is 9.53 Å². The number of pyridine rings is 1. The van der Waals surface area contributed by atoms with Gasteiger partial charge >= 0.3 is 0 Å². The van der Waals surface area contributed by atoms with Crippen LogP contribution in [-0.4, -0.2) is 61.6 Å². The number of nitrogens with zero attached hydrogens (tertiary/aromatic N) is 5. The first-order valence-electron chi connectivity index (χ1n) is 10.0. The monoisotopic (exact) mass is 423 g/mol. The van der Waals surface area contributed by atoms with Crippen LogP contribution >= 0.6 is 11.8 Å². The second-order valence-corrected chi connectivity index (χ2v) is 8.41. The minimum Gasteiger partial charge on any atom is -0.372 e. The number of rotatable bonds is 6. The molecule has 0 spiro atoms. The van der Waals surface area contributed by atoms with Gasteiger partial charge in [-0.25, -0.2) is 0 Å². The Bertz CT molecular complexity index is 970. The fourth-order valence-electron chi connectivity index (χ4n) is 3.61. The first-order valence-corrected chi connectivity index (χ1v) is 11.0. The topological polar surface area (TPSA) is 73.1 Å². The van der Waals surface area contributed by atoms with E-state index < -0.39 is 0 Å². The van der Waals surface area contributed by atoms with E-state index in [0.717, 1.165) is 22.1 Å². The average molecular weight is 424 g/mol. The standard InChI is InChI=1S/C22H25N5O2S/c1-16-12-26(13-17(2)29-16)20(28)15-30-22-25-24-21(19-9-6-10-23-11-19)27(22)14-18-7-4-3-5-8-18/h3-11,16-17H,12-15H2,1-2H3/t16-,17-/m1/s1.